The molecule has 0 spiro atoms. The van der Waals surface area contributed by atoms with Crippen molar-refractivity contribution in [1.82, 2.24) is 20.0 Å². The molecule has 3 atom stereocenters. The molecule has 1 aromatic heterocycles. The number of carbonyl (C=O) groups is 1. The van der Waals surface area contributed by atoms with Crippen molar-refractivity contribution in [3.8, 4) is 0 Å². The molecular formula is C20H26N4O2. The molecule has 6 heteroatoms. The van der Waals surface area contributed by atoms with Gasteiger partial charge in [0.25, 0.3) is 5.91 Å². The first kappa shape index (κ1) is 17.2. The van der Waals surface area contributed by atoms with Crippen LogP contribution in [0.2, 0.25) is 0 Å². The summed E-state index contributed by atoms with van der Waals surface area (Å²) in [6.07, 6.45) is 7.56. The van der Waals surface area contributed by atoms with Gasteiger partial charge in [-0.2, -0.15) is 5.10 Å². The molecule has 2 aromatic rings. The van der Waals surface area contributed by atoms with Gasteiger partial charge in [-0.15, -0.1) is 0 Å². The zero-order chi connectivity index (χ0) is 17.9. The van der Waals surface area contributed by atoms with Gasteiger partial charge in [0.2, 0.25) is 0 Å². The summed E-state index contributed by atoms with van der Waals surface area (Å²) in [5.74, 6) is -0.00714. The van der Waals surface area contributed by atoms with E-state index in [1.807, 2.05) is 41.2 Å². The molecule has 1 aliphatic carbocycles. The number of aliphatic hydroxyl groups is 1. The number of hydrogen-bond acceptors (Lipinski definition) is 4. The fourth-order valence-corrected chi connectivity index (χ4v) is 4.21. The Morgan fingerprint density at radius 2 is 2.08 bits per heavy atom. The minimum absolute atomic E-state index is 0.00714. The summed E-state index contributed by atoms with van der Waals surface area (Å²) in [6, 6.07) is 10.2. The van der Waals surface area contributed by atoms with Crippen LogP contribution in [-0.4, -0.2) is 57.0 Å². The molecule has 0 bridgehead atoms. The zero-order valence-electron chi connectivity index (χ0n) is 14.9. The van der Waals surface area contributed by atoms with Gasteiger partial charge in [-0.3, -0.25) is 14.4 Å². The summed E-state index contributed by atoms with van der Waals surface area (Å²) in [4.78, 5) is 15.0. The van der Waals surface area contributed by atoms with Crippen LogP contribution < -0.4 is 5.32 Å². The molecule has 1 aliphatic heterocycles. The van der Waals surface area contributed by atoms with E-state index in [-0.39, 0.29) is 18.1 Å². The number of benzene rings is 1. The van der Waals surface area contributed by atoms with Gasteiger partial charge in [0.1, 0.15) is 0 Å². The second-order valence-corrected chi connectivity index (χ2v) is 7.42. The van der Waals surface area contributed by atoms with Crippen LogP contribution in [0, 0.1) is 0 Å². The normalized spacial score (nSPS) is 26.3. The average Bonchev–Trinajstić information content (AvgIpc) is 3.38. The number of hydrogen-bond donors (Lipinski definition) is 2. The van der Waals surface area contributed by atoms with Crippen molar-refractivity contribution in [3.63, 3.8) is 0 Å². The molecule has 4 rings (SSSR count). The molecule has 6 nitrogen and oxygen atoms in total. The van der Waals surface area contributed by atoms with E-state index < -0.39 is 0 Å². The molecule has 1 aromatic carbocycles. The van der Waals surface area contributed by atoms with E-state index >= 15 is 0 Å². The van der Waals surface area contributed by atoms with E-state index in [1.165, 1.54) is 0 Å². The van der Waals surface area contributed by atoms with Gasteiger partial charge in [0.15, 0.2) is 0 Å². The number of amides is 1. The lowest BCUT2D eigenvalue weighted by Crippen LogP contribution is -2.48. The molecule has 1 saturated carbocycles. The highest BCUT2D eigenvalue weighted by molar-refractivity contribution is 5.94. The fourth-order valence-electron chi connectivity index (χ4n) is 4.21. The van der Waals surface area contributed by atoms with Gasteiger partial charge in [0, 0.05) is 43.1 Å². The second kappa shape index (κ2) is 7.60. The first-order valence-electron chi connectivity index (χ1n) is 9.48. The SMILES string of the molecule is O=C(N[C@@H]1CCC[C@@H]1N1CCC(O)C1)c1ccc(Cn2cccn2)cc1. The summed E-state index contributed by atoms with van der Waals surface area (Å²) in [5.41, 5.74) is 1.82. The number of rotatable bonds is 5. The van der Waals surface area contributed by atoms with Crippen LogP contribution in [-0.2, 0) is 6.54 Å². The highest BCUT2D eigenvalue weighted by atomic mass is 16.3. The maximum absolute atomic E-state index is 12.7. The summed E-state index contributed by atoms with van der Waals surface area (Å²) in [5, 5.41) is 17.2. The van der Waals surface area contributed by atoms with Gasteiger partial charge >= 0.3 is 0 Å². The number of aromatic nitrogens is 2. The number of likely N-dealkylation sites (tertiary alicyclic amines) is 1. The Hall–Kier alpha value is -2.18. The third-order valence-corrected chi connectivity index (χ3v) is 5.58. The average molecular weight is 354 g/mol. The van der Waals surface area contributed by atoms with Gasteiger partial charge in [0.05, 0.1) is 12.6 Å². The maximum Gasteiger partial charge on any atom is 0.251 e. The van der Waals surface area contributed by atoms with E-state index in [2.05, 4.69) is 15.3 Å². The number of aliphatic hydroxyl groups excluding tert-OH is 1. The number of β-amino-alcohol motifs (C(OH)–C–C–N with tert-alkyl or cyclic N) is 1. The molecule has 2 aliphatic rings. The molecule has 26 heavy (non-hydrogen) atoms. The van der Waals surface area contributed by atoms with E-state index in [1.54, 1.807) is 6.20 Å². The second-order valence-electron chi connectivity index (χ2n) is 7.42. The van der Waals surface area contributed by atoms with Gasteiger partial charge in [-0.25, -0.2) is 0 Å². The summed E-state index contributed by atoms with van der Waals surface area (Å²) < 4.78 is 1.86. The van der Waals surface area contributed by atoms with Crippen LogP contribution in [0.4, 0.5) is 0 Å². The molecule has 1 unspecified atom stereocenters. The summed E-state index contributed by atoms with van der Waals surface area (Å²) >= 11 is 0. The molecule has 2 fully saturated rings. The maximum atomic E-state index is 12.7. The lowest BCUT2D eigenvalue weighted by atomic mass is 10.1. The Balaban J connectivity index is 1.36. The molecular weight excluding hydrogens is 328 g/mol. The highest BCUT2D eigenvalue weighted by Crippen LogP contribution is 2.27. The van der Waals surface area contributed by atoms with Crippen LogP contribution in [0.25, 0.3) is 0 Å². The minimum Gasteiger partial charge on any atom is -0.392 e. The van der Waals surface area contributed by atoms with Crippen molar-refractivity contribution < 1.29 is 9.90 Å². The van der Waals surface area contributed by atoms with Crippen LogP contribution in [0.3, 0.4) is 0 Å². The van der Waals surface area contributed by atoms with Crippen molar-refractivity contribution in [2.75, 3.05) is 13.1 Å². The summed E-state index contributed by atoms with van der Waals surface area (Å²) in [6.45, 7) is 2.37. The van der Waals surface area contributed by atoms with E-state index in [4.69, 9.17) is 0 Å². The lowest BCUT2D eigenvalue weighted by molar-refractivity contribution is 0.0906. The number of nitrogens with one attached hydrogen (secondary N) is 1. The Labute approximate surface area is 153 Å². The van der Waals surface area contributed by atoms with Crippen molar-refractivity contribution >= 4 is 5.91 Å². The molecule has 1 amide bonds. The van der Waals surface area contributed by atoms with Crippen LogP contribution in [0.1, 0.15) is 41.6 Å². The highest BCUT2D eigenvalue weighted by Gasteiger charge is 2.36. The Morgan fingerprint density at radius 3 is 2.77 bits per heavy atom. The third-order valence-electron chi connectivity index (χ3n) is 5.58. The zero-order valence-corrected chi connectivity index (χ0v) is 14.9. The van der Waals surface area contributed by atoms with E-state index in [9.17, 15) is 9.90 Å². The summed E-state index contributed by atoms with van der Waals surface area (Å²) in [7, 11) is 0. The quantitative estimate of drug-likeness (QED) is 0.857. The fraction of sp³-hybridized carbons (Fsp3) is 0.500. The molecule has 0 radical (unpaired) electrons. The van der Waals surface area contributed by atoms with Crippen molar-refractivity contribution in [2.24, 2.45) is 0 Å². The standard InChI is InChI=1S/C20H26N4O2/c25-17-9-12-23(14-17)19-4-1-3-18(19)22-20(26)16-7-5-15(6-8-16)13-24-11-2-10-21-24/h2,5-8,10-11,17-19,25H,1,3-4,9,12-14H2,(H,22,26)/t17?,18-,19+/m1/s1. The van der Waals surface area contributed by atoms with Crippen molar-refractivity contribution in [3.05, 3.63) is 53.9 Å². The lowest BCUT2D eigenvalue weighted by Gasteiger charge is -2.29. The monoisotopic (exact) mass is 354 g/mol. The van der Waals surface area contributed by atoms with Crippen molar-refractivity contribution in [2.45, 2.75) is 50.4 Å². The Kier molecular flexibility index (Phi) is 5.04. The Bertz CT molecular complexity index is 729. The van der Waals surface area contributed by atoms with Gasteiger partial charge in [-0.05, 0) is 49.4 Å². The first-order chi connectivity index (χ1) is 12.7. The van der Waals surface area contributed by atoms with E-state index in [0.29, 0.717) is 18.2 Å². The number of nitrogens with zero attached hydrogens (tertiary/aromatic N) is 3. The molecule has 1 saturated heterocycles. The van der Waals surface area contributed by atoms with Crippen molar-refractivity contribution in [1.29, 1.82) is 0 Å². The van der Waals surface area contributed by atoms with Crippen LogP contribution in [0.5, 0.6) is 0 Å². The van der Waals surface area contributed by atoms with Crippen LogP contribution in [0.15, 0.2) is 42.7 Å². The first-order valence-corrected chi connectivity index (χ1v) is 9.48. The van der Waals surface area contributed by atoms with Crippen LogP contribution >= 0.6 is 0 Å². The topological polar surface area (TPSA) is 70.4 Å². The third kappa shape index (κ3) is 3.81. The Morgan fingerprint density at radius 1 is 1.23 bits per heavy atom. The smallest absolute Gasteiger partial charge is 0.251 e. The molecule has 2 heterocycles. The molecule has 2 N–H and O–H groups in total. The van der Waals surface area contributed by atoms with Gasteiger partial charge < -0.3 is 10.4 Å². The van der Waals surface area contributed by atoms with Gasteiger partial charge in [-0.1, -0.05) is 12.1 Å². The predicted molar refractivity (Wildman–Crippen MR) is 98.9 cm³/mol. The largest absolute Gasteiger partial charge is 0.392 e. The predicted octanol–water partition coefficient (Wildman–Crippen LogP) is 1.65. The number of carbonyl (C=O) groups excluding carboxylic acids is 1. The van der Waals surface area contributed by atoms with E-state index in [0.717, 1.165) is 44.3 Å². The minimum atomic E-state index is -0.214. The molecule has 138 valence electrons.